The Bertz CT molecular complexity index is 690. The lowest BCUT2D eigenvalue weighted by atomic mass is 10.2. The zero-order valence-electron chi connectivity index (χ0n) is 10.4. The maximum atomic E-state index is 11.0. The van der Waals surface area contributed by atoms with E-state index in [9.17, 15) is 20.2 Å². The molecule has 2 aromatic carbocycles. The van der Waals surface area contributed by atoms with Crippen LogP contribution in [0.2, 0.25) is 5.02 Å². The van der Waals surface area contributed by atoms with Crippen LogP contribution in [0.15, 0.2) is 42.5 Å². The van der Waals surface area contributed by atoms with Gasteiger partial charge in [0, 0.05) is 11.1 Å². The first-order valence-electron chi connectivity index (χ1n) is 5.68. The zero-order chi connectivity index (χ0) is 15.4. The van der Waals surface area contributed by atoms with Crippen LogP contribution in [0.1, 0.15) is 0 Å². The van der Waals surface area contributed by atoms with Crippen LogP contribution < -0.4 is 10.9 Å². The number of nitrogens with one attached hydrogen (secondary N) is 2. The van der Waals surface area contributed by atoms with Crippen molar-refractivity contribution in [2.24, 2.45) is 0 Å². The van der Waals surface area contributed by atoms with Crippen LogP contribution in [-0.4, -0.2) is 9.85 Å². The van der Waals surface area contributed by atoms with Crippen LogP contribution in [-0.2, 0) is 0 Å². The molecule has 0 heterocycles. The molecule has 0 aliphatic heterocycles. The van der Waals surface area contributed by atoms with E-state index in [0.717, 1.165) is 6.07 Å². The lowest BCUT2D eigenvalue weighted by Crippen LogP contribution is -2.10. The minimum absolute atomic E-state index is 0.112. The molecule has 0 aliphatic rings. The summed E-state index contributed by atoms with van der Waals surface area (Å²) in [5, 5.41) is 22.1. The van der Waals surface area contributed by atoms with E-state index in [-0.39, 0.29) is 11.4 Å². The van der Waals surface area contributed by atoms with Gasteiger partial charge in [0.15, 0.2) is 0 Å². The molecule has 0 radical (unpaired) electrons. The number of benzene rings is 2. The minimum Gasteiger partial charge on any atom is -0.301 e. The summed E-state index contributed by atoms with van der Waals surface area (Å²) in [6.45, 7) is 0. The van der Waals surface area contributed by atoms with E-state index in [1.54, 1.807) is 24.3 Å². The first-order valence-corrected chi connectivity index (χ1v) is 6.05. The Morgan fingerprint density at radius 3 is 2.14 bits per heavy atom. The second kappa shape index (κ2) is 6.06. The Labute approximate surface area is 123 Å². The first kappa shape index (κ1) is 14.5. The molecule has 2 rings (SSSR count). The Morgan fingerprint density at radius 1 is 0.905 bits per heavy atom. The molecule has 0 spiro atoms. The molecule has 0 aromatic heterocycles. The van der Waals surface area contributed by atoms with E-state index in [1.165, 1.54) is 12.1 Å². The fraction of sp³-hybridized carbons (Fsp3) is 0. The molecule has 21 heavy (non-hydrogen) atoms. The first-order chi connectivity index (χ1) is 9.97. The summed E-state index contributed by atoms with van der Waals surface area (Å²) in [7, 11) is 0. The van der Waals surface area contributed by atoms with Gasteiger partial charge >= 0.3 is 5.69 Å². The summed E-state index contributed by atoms with van der Waals surface area (Å²) in [6.07, 6.45) is 0. The number of nitro benzene ring substituents is 2. The molecule has 108 valence electrons. The van der Waals surface area contributed by atoms with Crippen molar-refractivity contribution in [3.8, 4) is 0 Å². The summed E-state index contributed by atoms with van der Waals surface area (Å²) in [4.78, 5) is 20.2. The van der Waals surface area contributed by atoms with Gasteiger partial charge in [-0.1, -0.05) is 11.6 Å². The van der Waals surface area contributed by atoms with Crippen molar-refractivity contribution >= 4 is 34.4 Å². The highest BCUT2D eigenvalue weighted by Crippen LogP contribution is 2.29. The smallest absolute Gasteiger partial charge is 0.300 e. The van der Waals surface area contributed by atoms with Crippen molar-refractivity contribution in [2.75, 3.05) is 10.9 Å². The van der Waals surface area contributed by atoms with Crippen molar-refractivity contribution in [1.29, 1.82) is 0 Å². The van der Waals surface area contributed by atoms with Crippen LogP contribution >= 0.6 is 11.6 Å². The molecule has 0 saturated carbocycles. The van der Waals surface area contributed by atoms with E-state index < -0.39 is 15.5 Å². The van der Waals surface area contributed by atoms with E-state index in [2.05, 4.69) is 10.9 Å². The maximum Gasteiger partial charge on any atom is 0.300 e. The molecule has 0 bridgehead atoms. The van der Waals surface area contributed by atoms with E-state index in [1.807, 2.05) is 0 Å². The number of hydrogen-bond donors (Lipinski definition) is 2. The lowest BCUT2D eigenvalue weighted by molar-refractivity contribution is -0.393. The van der Waals surface area contributed by atoms with E-state index >= 15 is 0 Å². The van der Waals surface area contributed by atoms with Crippen LogP contribution in [0, 0.1) is 20.2 Å². The molecular formula is C12H9ClN4O4. The number of non-ortho nitro benzene ring substituents is 1. The average Bonchev–Trinajstić information content (AvgIpc) is 2.46. The Morgan fingerprint density at radius 2 is 1.57 bits per heavy atom. The quantitative estimate of drug-likeness (QED) is 0.645. The maximum absolute atomic E-state index is 11.0. The van der Waals surface area contributed by atoms with Crippen LogP contribution in [0.4, 0.5) is 22.7 Å². The van der Waals surface area contributed by atoms with Crippen LogP contribution in [0.25, 0.3) is 0 Å². The van der Waals surface area contributed by atoms with E-state index in [4.69, 9.17) is 11.6 Å². The van der Waals surface area contributed by atoms with Gasteiger partial charge in [-0.15, -0.1) is 0 Å². The molecule has 2 aromatic rings. The van der Waals surface area contributed by atoms with Crippen molar-refractivity contribution in [3.05, 3.63) is 67.7 Å². The largest absolute Gasteiger partial charge is 0.301 e. The summed E-state index contributed by atoms with van der Waals surface area (Å²) in [6, 6.07) is 9.98. The van der Waals surface area contributed by atoms with Gasteiger partial charge in [0.25, 0.3) is 5.69 Å². The molecule has 0 atom stereocenters. The number of anilines is 2. The molecule has 0 saturated heterocycles. The molecule has 0 aliphatic carbocycles. The topological polar surface area (TPSA) is 110 Å². The third kappa shape index (κ3) is 3.57. The van der Waals surface area contributed by atoms with Crippen LogP contribution in [0.5, 0.6) is 0 Å². The molecule has 8 nitrogen and oxygen atoms in total. The van der Waals surface area contributed by atoms with Gasteiger partial charge in [0.2, 0.25) is 0 Å². The summed E-state index contributed by atoms with van der Waals surface area (Å²) in [5.41, 5.74) is 5.39. The Hall–Kier alpha value is -2.87. The highest BCUT2D eigenvalue weighted by atomic mass is 35.5. The lowest BCUT2D eigenvalue weighted by Gasteiger charge is -2.09. The van der Waals surface area contributed by atoms with Gasteiger partial charge in [-0.05, 0) is 30.3 Å². The predicted molar refractivity (Wildman–Crippen MR) is 78.4 cm³/mol. The molecular weight excluding hydrogens is 300 g/mol. The normalized spacial score (nSPS) is 9.95. The second-order valence-electron chi connectivity index (χ2n) is 3.97. The summed E-state index contributed by atoms with van der Waals surface area (Å²) < 4.78 is 0. The van der Waals surface area contributed by atoms with Crippen molar-refractivity contribution < 1.29 is 9.85 Å². The Kier molecular flexibility index (Phi) is 4.19. The third-order valence-corrected chi connectivity index (χ3v) is 2.83. The molecule has 0 amide bonds. The number of hydrogen-bond acceptors (Lipinski definition) is 6. The molecule has 0 fully saturated rings. The number of halogens is 1. The summed E-state index contributed by atoms with van der Waals surface area (Å²) >= 11 is 5.74. The predicted octanol–water partition coefficient (Wildman–Crippen LogP) is 3.60. The highest BCUT2D eigenvalue weighted by Gasteiger charge is 2.19. The van der Waals surface area contributed by atoms with Gasteiger partial charge < -0.3 is 5.43 Å². The zero-order valence-corrected chi connectivity index (χ0v) is 11.2. The highest BCUT2D eigenvalue weighted by molar-refractivity contribution is 6.30. The van der Waals surface area contributed by atoms with Crippen LogP contribution in [0.3, 0.4) is 0 Å². The monoisotopic (exact) mass is 308 g/mol. The van der Waals surface area contributed by atoms with Gasteiger partial charge in [-0.2, -0.15) is 0 Å². The number of rotatable bonds is 5. The van der Waals surface area contributed by atoms with Crippen molar-refractivity contribution in [3.63, 3.8) is 0 Å². The number of nitro groups is 2. The number of nitrogens with zero attached hydrogens (tertiary/aromatic N) is 2. The standard InChI is InChI=1S/C12H9ClN4O4/c13-8-1-3-9(4-2-8)14-15-11-6-5-10(16(18)19)7-12(11)17(20)21/h1-7,14-15H. The van der Waals surface area contributed by atoms with E-state index in [0.29, 0.717) is 10.7 Å². The molecule has 0 unspecified atom stereocenters. The van der Waals surface area contributed by atoms with Gasteiger partial charge in [-0.3, -0.25) is 25.7 Å². The average molecular weight is 309 g/mol. The van der Waals surface area contributed by atoms with Gasteiger partial charge in [-0.25, -0.2) is 0 Å². The number of hydrazine groups is 1. The second-order valence-corrected chi connectivity index (χ2v) is 4.41. The fourth-order valence-electron chi connectivity index (χ4n) is 1.56. The van der Waals surface area contributed by atoms with Gasteiger partial charge in [0.1, 0.15) is 5.69 Å². The van der Waals surface area contributed by atoms with Crippen molar-refractivity contribution in [1.82, 2.24) is 0 Å². The molecule has 2 N–H and O–H groups in total. The van der Waals surface area contributed by atoms with Crippen molar-refractivity contribution in [2.45, 2.75) is 0 Å². The van der Waals surface area contributed by atoms with Gasteiger partial charge in [0.05, 0.1) is 21.6 Å². The third-order valence-electron chi connectivity index (χ3n) is 2.57. The SMILES string of the molecule is O=[N+]([O-])c1ccc(NNc2ccc(Cl)cc2)c([N+](=O)[O-])c1. The summed E-state index contributed by atoms with van der Waals surface area (Å²) in [5.74, 6) is 0. The Balaban J connectivity index is 2.21. The minimum atomic E-state index is -0.696. The molecule has 9 heteroatoms. The fourth-order valence-corrected chi connectivity index (χ4v) is 1.69.